The summed E-state index contributed by atoms with van der Waals surface area (Å²) in [5.41, 5.74) is 2.84. The number of benzene rings is 1. The average molecular weight is 192 g/mol. The summed E-state index contributed by atoms with van der Waals surface area (Å²) in [5.74, 6) is 0.687. The van der Waals surface area contributed by atoms with Gasteiger partial charge in [0, 0.05) is 11.3 Å². The molecule has 0 bridgehead atoms. The van der Waals surface area contributed by atoms with Gasteiger partial charge in [-0.3, -0.25) is 4.79 Å². The zero-order valence-corrected chi connectivity index (χ0v) is 8.42. The van der Waals surface area contributed by atoms with E-state index in [1.165, 1.54) is 0 Å². The van der Waals surface area contributed by atoms with Gasteiger partial charge in [0.05, 0.1) is 0 Å². The van der Waals surface area contributed by atoms with Gasteiger partial charge >= 0.3 is 0 Å². The van der Waals surface area contributed by atoms with Gasteiger partial charge in [0.25, 0.3) is 0 Å². The molecule has 0 radical (unpaired) electrons. The maximum absolute atomic E-state index is 10.6. The summed E-state index contributed by atoms with van der Waals surface area (Å²) in [6, 6.07) is 5.76. The van der Waals surface area contributed by atoms with Crippen molar-refractivity contribution in [1.82, 2.24) is 0 Å². The molecule has 0 saturated carbocycles. The third-order valence-corrected chi connectivity index (χ3v) is 1.98. The van der Waals surface area contributed by atoms with Gasteiger partial charge in [-0.25, -0.2) is 0 Å². The van der Waals surface area contributed by atoms with E-state index in [2.05, 4.69) is 12.6 Å². The highest BCUT2D eigenvalue weighted by atomic mass is 32.1. The number of carbonyl (C=O) groups excluding carboxylic acids is 1. The minimum atomic E-state index is 0.687. The first-order chi connectivity index (χ1) is 6.27. The Balaban J connectivity index is 3.08. The van der Waals surface area contributed by atoms with Crippen molar-refractivity contribution < 1.29 is 4.79 Å². The first-order valence-electron chi connectivity index (χ1n) is 4.11. The fourth-order valence-electron chi connectivity index (χ4n) is 1.13. The van der Waals surface area contributed by atoms with Crippen LogP contribution in [0.25, 0.3) is 6.08 Å². The predicted octanol–water partition coefficient (Wildman–Crippen LogP) is 2.75. The fraction of sp³-hybridized carbons (Fsp3) is 0.182. The second kappa shape index (κ2) is 4.87. The maximum Gasteiger partial charge on any atom is 0.150 e. The minimum Gasteiger partial charge on any atom is -0.298 e. The number of carbonyl (C=O) groups is 1. The molecule has 1 aromatic carbocycles. The van der Waals surface area contributed by atoms with Gasteiger partial charge in [0.15, 0.2) is 6.29 Å². The Hall–Kier alpha value is -1.02. The highest BCUT2D eigenvalue weighted by Gasteiger charge is 1.97. The molecule has 0 aliphatic rings. The third kappa shape index (κ3) is 2.74. The molecular weight excluding hydrogens is 180 g/mol. The Kier molecular flexibility index (Phi) is 3.77. The first-order valence-corrected chi connectivity index (χ1v) is 4.74. The van der Waals surface area contributed by atoms with Crippen LogP contribution < -0.4 is 0 Å². The van der Waals surface area contributed by atoms with E-state index in [4.69, 9.17) is 0 Å². The van der Waals surface area contributed by atoms with Crippen LogP contribution in [0.4, 0.5) is 0 Å². The summed E-state index contributed by atoms with van der Waals surface area (Å²) in [7, 11) is 0. The summed E-state index contributed by atoms with van der Waals surface area (Å²) in [6.45, 7) is 2.01. The molecule has 13 heavy (non-hydrogen) atoms. The fourth-order valence-corrected chi connectivity index (χ4v) is 1.23. The lowest BCUT2D eigenvalue weighted by atomic mass is 10.1. The van der Waals surface area contributed by atoms with Gasteiger partial charge in [-0.2, -0.15) is 12.6 Å². The zero-order chi connectivity index (χ0) is 9.68. The molecule has 0 amide bonds. The van der Waals surface area contributed by atoms with Crippen molar-refractivity contribution in [1.29, 1.82) is 0 Å². The molecular formula is C11H12OS. The molecule has 0 N–H and O–H groups in total. The Bertz CT molecular complexity index is 329. The van der Waals surface area contributed by atoms with E-state index in [1.807, 2.05) is 37.3 Å². The molecule has 1 nitrogen and oxygen atoms in total. The number of aldehydes is 1. The molecule has 0 saturated heterocycles. The van der Waals surface area contributed by atoms with Gasteiger partial charge < -0.3 is 0 Å². The number of aryl methyl sites for hydroxylation is 1. The van der Waals surface area contributed by atoms with E-state index < -0.39 is 0 Å². The zero-order valence-electron chi connectivity index (χ0n) is 7.53. The third-order valence-electron chi connectivity index (χ3n) is 1.77. The lowest BCUT2D eigenvalue weighted by Gasteiger charge is -1.99. The molecule has 0 atom stereocenters. The standard InChI is InChI=1S/C11H12OS/c1-9-4-5-11(8-12)10(7-9)3-2-6-13/h2-5,7-8,13H,6H2,1H3. The molecule has 0 aliphatic carbocycles. The Morgan fingerprint density at radius 2 is 2.15 bits per heavy atom. The lowest BCUT2D eigenvalue weighted by molar-refractivity contribution is 0.112. The monoisotopic (exact) mass is 192 g/mol. The minimum absolute atomic E-state index is 0.687. The number of thiol groups is 1. The van der Waals surface area contributed by atoms with Crippen LogP contribution in [-0.4, -0.2) is 12.0 Å². The molecule has 0 spiro atoms. The van der Waals surface area contributed by atoms with E-state index in [0.717, 1.165) is 23.0 Å². The smallest absolute Gasteiger partial charge is 0.150 e. The van der Waals surface area contributed by atoms with Gasteiger partial charge in [0.2, 0.25) is 0 Å². The van der Waals surface area contributed by atoms with Crippen LogP contribution in [0.3, 0.4) is 0 Å². The van der Waals surface area contributed by atoms with Crippen molar-refractivity contribution >= 4 is 25.0 Å². The van der Waals surface area contributed by atoms with Gasteiger partial charge in [-0.15, -0.1) is 0 Å². The van der Waals surface area contributed by atoms with Gasteiger partial charge in [-0.05, 0) is 12.5 Å². The SMILES string of the molecule is Cc1ccc(C=O)c(C=CCS)c1. The largest absolute Gasteiger partial charge is 0.298 e. The lowest BCUT2D eigenvalue weighted by Crippen LogP contribution is -1.86. The van der Waals surface area contributed by atoms with Crippen LogP contribution in [0, 0.1) is 6.92 Å². The topological polar surface area (TPSA) is 17.1 Å². The van der Waals surface area contributed by atoms with E-state index in [1.54, 1.807) is 0 Å². The normalized spacial score (nSPS) is 10.6. The summed E-state index contributed by atoms with van der Waals surface area (Å²) >= 11 is 4.07. The van der Waals surface area contributed by atoms with Crippen molar-refractivity contribution in [3.63, 3.8) is 0 Å². The van der Waals surface area contributed by atoms with Crippen molar-refractivity contribution in [3.8, 4) is 0 Å². The molecule has 0 aromatic heterocycles. The molecule has 68 valence electrons. The van der Waals surface area contributed by atoms with Crippen LogP contribution in [-0.2, 0) is 0 Å². The molecule has 1 aromatic rings. The summed E-state index contributed by atoms with van der Waals surface area (Å²) < 4.78 is 0. The van der Waals surface area contributed by atoms with E-state index in [0.29, 0.717) is 5.75 Å². The molecule has 2 heteroatoms. The van der Waals surface area contributed by atoms with Gasteiger partial charge in [-0.1, -0.05) is 35.9 Å². The molecule has 0 unspecified atom stereocenters. The molecule has 1 rings (SSSR count). The highest BCUT2D eigenvalue weighted by molar-refractivity contribution is 7.80. The van der Waals surface area contributed by atoms with Crippen molar-refractivity contribution in [2.24, 2.45) is 0 Å². The molecule has 0 fully saturated rings. The average Bonchev–Trinajstić information content (AvgIpc) is 2.15. The molecule has 0 aliphatic heterocycles. The van der Waals surface area contributed by atoms with Crippen LogP contribution >= 0.6 is 12.6 Å². The van der Waals surface area contributed by atoms with Crippen molar-refractivity contribution in [3.05, 3.63) is 41.0 Å². The first kappa shape index (κ1) is 10.1. The van der Waals surface area contributed by atoms with Gasteiger partial charge in [0.1, 0.15) is 0 Å². The Labute approximate surface area is 83.9 Å². The number of hydrogen-bond acceptors (Lipinski definition) is 2. The summed E-state index contributed by atoms with van der Waals surface area (Å²) in [6.07, 6.45) is 4.71. The Morgan fingerprint density at radius 3 is 2.77 bits per heavy atom. The van der Waals surface area contributed by atoms with E-state index >= 15 is 0 Å². The second-order valence-corrected chi connectivity index (χ2v) is 3.20. The van der Waals surface area contributed by atoms with Crippen molar-refractivity contribution in [2.75, 3.05) is 5.75 Å². The second-order valence-electron chi connectivity index (χ2n) is 2.84. The number of hydrogen-bond donors (Lipinski definition) is 1. The quantitative estimate of drug-likeness (QED) is 0.575. The van der Waals surface area contributed by atoms with Crippen LogP contribution in [0.15, 0.2) is 24.3 Å². The van der Waals surface area contributed by atoms with Crippen LogP contribution in [0.1, 0.15) is 21.5 Å². The van der Waals surface area contributed by atoms with E-state index in [-0.39, 0.29) is 0 Å². The molecule has 0 heterocycles. The summed E-state index contributed by atoms with van der Waals surface area (Å²) in [5, 5.41) is 0. The van der Waals surface area contributed by atoms with Crippen LogP contribution in [0.5, 0.6) is 0 Å². The highest BCUT2D eigenvalue weighted by Crippen LogP contribution is 2.11. The number of rotatable bonds is 3. The predicted molar refractivity (Wildman–Crippen MR) is 59.5 cm³/mol. The summed E-state index contributed by atoms with van der Waals surface area (Å²) in [4.78, 5) is 10.6. The van der Waals surface area contributed by atoms with E-state index in [9.17, 15) is 4.79 Å². The Morgan fingerprint density at radius 1 is 1.38 bits per heavy atom. The van der Waals surface area contributed by atoms with Crippen molar-refractivity contribution in [2.45, 2.75) is 6.92 Å². The van der Waals surface area contributed by atoms with Crippen LogP contribution in [0.2, 0.25) is 0 Å². The maximum atomic E-state index is 10.6.